The summed E-state index contributed by atoms with van der Waals surface area (Å²) in [5, 5.41) is 5.98. The number of aryl methyl sites for hydroxylation is 1. The average molecular weight is 227 g/mol. The maximum Gasteiger partial charge on any atom is 0.247 e. The van der Waals surface area contributed by atoms with Gasteiger partial charge < -0.3 is 0 Å². The zero-order valence-corrected chi connectivity index (χ0v) is 9.15. The molecule has 0 atom stereocenters. The van der Waals surface area contributed by atoms with E-state index >= 15 is 0 Å². The SMILES string of the molecule is Cc1cccc2cc(S(N)(=O)=O)sc12. The second kappa shape index (κ2) is 3.05. The van der Waals surface area contributed by atoms with Gasteiger partial charge in [0.1, 0.15) is 4.21 Å². The van der Waals surface area contributed by atoms with Crippen LogP contribution in [0.1, 0.15) is 5.56 Å². The zero-order chi connectivity index (χ0) is 10.3. The molecule has 74 valence electrons. The van der Waals surface area contributed by atoms with Crippen molar-refractivity contribution in [1.29, 1.82) is 0 Å². The van der Waals surface area contributed by atoms with E-state index in [1.165, 1.54) is 11.3 Å². The highest BCUT2D eigenvalue weighted by atomic mass is 32.2. The lowest BCUT2D eigenvalue weighted by molar-refractivity contribution is 0.600. The molecule has 2 rings (SSSR count). The highest BCUT2D eigenvalue weighted by molar-refractivity contribution is 7.91. The van der Waals surface area contributed by atoms with Gasteiger partial charge in [0.25, 0.3) is 0 Å². The Morgan fingerprint density at radius 2 is 2.07 bits per heavy atom. The van der Waals surface area contributed by atoms with Crippen molar-refractivity contribution >= 4 is 31.4 Å². The minimum Gasteiger partial charge on any atom is -0.224 e. The molecule has 0 fully saturated rings. The predicted octanol–water partition coefficient (Wildman–Crippen LogP) is 1.86. The van der Waals surface area contributed by atoms with E-state index in [-0.39, 0.29) is 4.21 Å². The molecule has 0 amide bonds. The Morgan fingerprint density at radius 3 is 2.64 bits per heavy atom. The van der Waals surface area contributed by atoms with Gasteiger partial charge in [-0.3, -0.25) is 0 Å². The maximum absolute atomic E-state index is 11.1. The summed E-state index contributed by atoms with van der Waals surface area (Å²) < 4.78 is 23.4. The van der Waals surface area contributed by atoms with E-state index in [0.717, 1.165) is 15.6 Å². The molecule has 0 radical (unpaired) electrons. The standard InChI is InChI=1S/C9H9NO2S2/c1-6-3-2-4-7-5-8(13-9(6)7)14(10,11)12/h2-5H,1H3,(H2,10,11,12). The third-order valence-electron chi connectivity index (χ3n) is 2.00. The second-order valence-corrected chi connectivity index (χ2v) is 5.94. The lowest BCUT2D eigenvalue weighted by Crippen LogP contribution is -2.09. The van der Waals surface area contributed by atoms with Crippen molar-refractivity contribution in [3.63, 3.8) is 0 Å². The van der Waals surface area contributed by atoms with Crippen molar-refractivity contribution in [1.82, 2.24) is 0 Å². The first-order valence-electron chi connectivity index (χ1n) is 4.00. The maximum atomic E-state index is 11.1. The van der Waals surface area contributed by atoms with E-state index in [1.54, 1.807) is 6.07 Å². The molecule has 2 N–H and O–H groups in total. The van der Waals surface area contributed by atoms with E-state index in [1.807, 2.05) is 25.1 Å². The Labute approximate surface area is 86.2 Å². The van der Waals surface area contributed by atoms with Gasteiger partial charge in [-0.15, -0.1) is 11.3 Å². The summed E-state index contributed by atoms with van der Waals surface area (Å²) in [6.45, 7) is 1.95. The van der Waals surface area contributed by atoms with Crippen molar-refractivity contribution < 1.29 is 8.42 Å². The predicted molar refractivity (Wildman–Crippen MR) is 57.9 cm³/mol. The Morgan fingerprint density at radius 1 is 1.36 bits per heavy atom. The molecule has 0 aliphatic rings. The Bertz CT molecular complexity index is 584. The molecule has 1 aromatic carbocycles. The number of nitrogens with two attached hydrogens (primary N) is 1. The summed E-state index contributed by atoms with van der Waals surface area (Å²) >= 11 is 1.22. The first-order chi connectivity index (χ1) is 6.48. The van der Waals surface area contributed by atoms with Crippen LogP contribution in [0.4, 0.5) is 0 Å². The van der Waals surface area contributed by atoms with Crippen LogP contribution in [0.3, 0.4) is 0 Å². The number of fused-ring (bicyclic) bond motifs is 1. The molecule has 0 saturated heterocycles. The van der Waals surface area contributed by atoms with Gasteiger partial charge in [0.15, 0.2) is 0 Å². The third-order valence-corrected chi connectivity index (χ3v) is 4.71. The molecule has 14 heavy (non-hydrogen) atoms. The summed E-state index contributed by atoms with van der Waals surface area (Å²) in [5.41, 5.74) is 1.07. The van der Waals surface area contributed by atoms with Gasteiger partial charge in [0.05, 0.1) is 0 Å². The van der Waals surface area contributed by atoms with Crippen LogP contribution in [0.25, 0.3) is 10.1 Å². The fraction of sp³-hybridized carbons (Fsp3) is 0.111. The van der Waals surface area contributed by atoms with Crippen molar-refractivity contribution in [2.45, 2.75) is 11.1 Å². The minimum absolute atomic E-state index is 0.224. The summed E-state index contributed by atoms with van der Waals surface area (Å²) in [6, 6.07) is 7.35. The fourth-order valence-electron chi connectivity index (χ4n) is 1.33. The Hall–Kier alpha value is -0.910. The number of sulfonamides is 1. The molecular formula is C9H9NO2S2. The van der Waals surface area contributed by atoms with Gasteiger partial charge >= 0.3 is 0 Å². The van der Waals surface area contributed by atoms with E-state index in [0.29, 0.717) is 0 Å². The van der Waals surface area contributed by atoms with Crippen molar-refractivity contribution in [2.75, 3.05) is 0 Å². The van der Waals surface area contributed by atoms with E-state index < -0.39 is 10.0 Å². The molecule has 0 aliphatic carbocycles. The summed E-state index contributed by atoms with van der Waals surface area (Å²) in [5.74, 6) is 0. The first kappa shape index (κ1) is 9.64. The molecule has 0 saturated carbocycles. The van der Waals surface area contributed by atoms with Crippen LogP contribution in [0.15, 0.2) is 28.5 Å². The third kappa shape index (κ3) is 1.54. The van der Waals surface area contributed by atoms with Crippen LogP contribution in [0, 0.1) is 6.92 Å². The lowest BCUT2D eigenvalue weighted by atomic mass is 10.2. The van der Waals surface area contributed by atoms with Crippen LogP contribution in [-0.2, 0) is 10.0 Å². The quantitative estimate of drug-likeness (QED) is 0.808. The van der Waals surface area contributed by atoms with Crippen molar-refractivity contribution in [2.24, 2.45) is 5.14 Å². The molecule has 0 aliphatic heterocycles. The summed E-state index contributed by atoms with van der Waals surface area (Å²) in [4.78, 5) is 0. The van der Waals surface area contributed by atoms with Crippen LogP contribution in [0.5, 0.6) is 0 Å². The van der Waals surface area contributed by atoms with Crippen LogP contribution < -0.4 is 5.14 Å². The number of rotatable bonds is 1. The van der Waals surface area contributed by atoms with Crippen molar-refractivity contribution in [3.8, 4) is 0 Å². The normalized spacial score (nSPS) is 12.1. The summed E-state index contributed by atoms with van der Waals surface area (Å²) in [7, 11) is -3.56. The van der Waals surface area contributed by atoms with Crippen LogP contribution >= 0.6 is 11.3 Å². The topological polar surface area (TPSA) is 60.2 Å². The van der Waals surface area contributed by atoms with E-state index in [2.05, 4.69) is 0 Å². The number of hydrogen-bond donors (Lipinski definition) is 1. The molecule has 0 bridgehead atoms. The zero-order valence-electron chi connectivity index (χ0n) is 7.52. The van der Waals surface area contributed by atoms with Gasteiger partial charge in [-0.1, -0.05) is 18.2 Å². The minimum atomic E-state index is -3.56. The number of thiophene rings is 1. The molecule has 5 heteroatoms. The first-order valence-corrected chi connectivity index (χ1v) is 6.37. The van der Waals surface area contributed by atoms with Gasteiger partial charge in [-0.2, -0.15) is 0 Å². The Balaban J connectivity index is 2.81. The van der Waals surface area contributed by atoms with Crippen LogP contribution in [0.2, 0.25) is 0 Å². The second-order valence-electron chi connectivity index (χ2n) is 3.10. The summed E-state index contributed by atoms with van der Waals surface area (Å²) in [6.07, 6.45) is 0. The average Bonchev–Trinajstić information content (AvgIpc) is 2.48. The monoisotopic (exact) mass is 227 g/mol. The van der Waals surface area contributed by atoms with E-state index in [4.69, 9.17) is 5.14 Å². The number of hydrogen-bond acceptors (Lipinski definition) is 3. The molecule has 1 aromatic heterocycles. The van der Waals surface area contributed by atoms with Gasteiger partial charge in [0.2, 0.25) is 10.0 Å². The molecule has 0 unspecified atom stereocenters. The molecule has 2 aromatic rings. The van der Waals surface area contributed by atoms with Gasteiger partial charge in [-0.25, -0.2) is 13.6 Å². The largest absolute Gasteiger partial charge is 0.247 e. The fourth-order valence-corrected chi connectivity index (χ4v) is 3.19. The van der Waals surface area contributed by atoms with Crippen LogP contribution in [-0.4, -0.2) is 8.42 Å². The van der Waals surface area contributed by atoms with E-state index in [9.17, 15) is 8.42 Å². The molecular weight excluding hydrogens is 218 g/mol. The molecule has 0 spiro atoms. The van der Waals surface area contributed by atoms with Crippen molar-refractivity contribution in [3.05, 3.63) is 29.8 Å². The van der Waals surface area contributed by atoms with Gasteiger partial charge in [0, 0.05) is 4.70 Å². The van der Waals surface area contributed by atoms with Gasteiger partial charge in [-0.05, 0) is 23.9 Å². The smallest absolute Gasteiger partial charge is 0.224 e. The number of benzene rings is 1. The number of primary sulfonamides is 1. The molecule has 3 nitrogen and oxygen atoms in total. The molecule has 1 heterocycles. The Kier molecular flexibility index (Phi) is 2.10. The lowest BCUT2D eigenvalue weighted by Gasteiger charge is -1.91. The highest BCUT2D eigenvalue weighted by Crippen LogP contribution is 2.30. The highest BCUT2D eigenvalue weighted by Gasteiger charge is 2.12.